The van der Waals surface area contributed by atoms with Crippen molar-refractivity contribution >= 4 is 57.0 Å². The number of anilines is 2. The van der Waals surface area contributed by atoms with Gasteiger partial charge in [-0.3, -0.25) is 9.59 Å². The summed E-state index contributed by atoms with van der Waals surface area (Å²) < 4.78 is 4.30. The zero-order valence-electron chi connectivity index (χ0n) is 33.0. The average Bonchev–Trinajstić information content (AvgIpc) is 3.97. The third-order valence-electron chi connectivity index (χ3n) is 11.3. The normalized spacial score (nSPS) is 16.5. The van der Waals surface area contributed by atoms with Gasteiger partial charge in [-0.05, 0) is 49.2 Å². The fourth-order valence-corrected chi connectivity index (χ4v) is 10.4. The maximum absolute atomic E-state index is 14.0. The Morgan fingerprint density at radius 2 is 0.704 bits per heavy atom. The number of rotatable bonds is 22. The summed E-state index contributed by atoms with van der Waals surface area (Å²) in [4.78, 5) is 32.0. The predicted octanol–water partition coefficient (Wildman–Crippen LogP) is 12.0. The van der Waals surface area contributed by atoms with Crippen molar-refractivity contribution in [2.45, 2.75) is 142 Å². The molecule has 0 fully saturated rings. The average molecular weight is 763 g/mol. The van der Waals surface area contributed by atoms with Crippen LogP contribution < -0.4 is 18.9 Å². The molecule has 0 unspecified atom stereocenters. The monoisotopic (exact) mass is 762 g/mol. The van der Waals surface area contributed by atoms with E-state index in [9.17, 15) is 9.59 Å². The minimum Gasteiger partial charge on any atom is -0.308 e. The zero-order valence-corrected chi connectivity index (χ0v) is 34.6. The number of fused-ring (bicyclic) bond motifs is 2. The summed E-state index contributed by atoms with van der Waals surface area (Å²) in [5.74, 6) is 0.247. The number of carbonyl (C=O) groups excluding carboxylic acids is 2. The molecule has 2 aromatic carbocycles. The number of carbonyl (C=O) groups is 2. The van der Waals surface area contributed by atoms with Crippen molar-refractivity contribution in [3.8, 4) is 0 Å². The molecule has 288 valence electrons. The van der Waals surface area contributed by atoms with Gasteiger partial charge in [0.25, 0.3) is 11.8 Å². The summed E-state index contributed by atoms with van der Waals surface area (Å²) >= 11 is 3.37. The first-order chi connectivity index (χ1) is 26.6. The number of unbranched alkanes of at least 4 members (excludes halogenated alkanes) is 18. The van der Waals surface area contributed by atoms with Crippen LogP contribution >= 0.6 is 22.7 Å². The Bertz CT molecular complexity index is 1900. The fraction of sp³-hybridized carbons (Fsp3) is 0.500. The molecule has 6 heteroatoms. The lowest BCUT2D eigenvalue weighted by Gasteiger charge is -2.16. The van der Waals surface area contributed by atoms with Crippen LogP contribution in [0, 0.1) is 9.06 Å². The van der Waals surface area contributed by atoms with Gasteiger partial charge in [0.2, 0.25) is 0 Å². The quantitative estimate of drug-likeness (QED) is 0.0748. The topological polar surface area (TPSA) is 40.6 Å². The summed E-state index contributed by atoms with van der Waals surface area (Å²) in [5, 5.41) is 0. The van der Waals surface area contributed by atoms with Gasteiger partial charge >= 0.3 is 0 Å². The molecular formula is C48H62N2O2S2. The molecule has 0 bridgehead atoms. The summed E-state index contributed by atoms with van der Waals surface area (Å²) in [6.45, 7) is 6.08. The smallest absolute Gasteiger partial charge is 0.260 e. The molecule has 4 heterocycles. The largest absolute Gasteiger partial charge is 0.308 e. The van der Waals surface area contributed by atoms with Crippen LogP contribution in [0.3, 0.4) is 0 Å². The van der Waals surface area contributed by atoms with Crippen molar-refractivity contribution in [2.75, 3.05) is 22.9 Å². The Hall–Kier alpha value is -3.48. The van der Waals surface area contributed by atoms with Crippen molar-refractivity contribution in [2.24, 2.45) is 0 Å². The second-order valence-corrected chi connectivity index (χ2v) is 17.6. The van der Waals surface area contributed by atoms with Gasteiger partial charge in [0.05, 0.1) is 22.5 Å². The summed E-state index contributed by atoms with van der Waals surface area (Å²) in [6.07, 6.45) is 25.7. The molecule has 2 aliphatic rings. The van der Waals surface area contributed by atoms with Crippen LogP contribution in [0.2, 0.25) is 0 Å². The number of nitrogens with zero attached hydrogens (tertiary/aromatic N) is 2. The first-order valence-corrected chi connectivity index (χ1v) is 23.0. The predicted molar refractivity (Wildman–Crippen MR) is 232 cm³/mol. The molecule has 0 saturated carbocycles. The van der Waals surface area contributed by atoms with E-state index in [4.69, 9.17) is 0 Å². The molecule has 0 radical (unpaired) electrons. The van der Waals surface area contributed by atoms with E-state index in [0.717, 1.165) is 77.7 Å². The van der Waals surface area contributed by atoms with Crippen molar-refractivity contribution < 1.29 is 9.59 Å². The molecule has 4 aromatic rings. The van der Waals surface area contributed by atoms with E-state index in [1.165, 1.54) is 116 Å². The van der Waals surface area contributed by atoms with Gasteiger partial charge in [0.1, 0.15) is 0 Å². The van der Waals surface area contributed by atoms with Gasteiger partial charge < -0.3 is 9.80 Å². The van der Waals surface area contributed by atoms with E-state index in [0.29, 0.717) is 0 Å². The van der Waals surface area contributed by atoms with Gasteiger partial charge in [0.15, 0.2) is 0 Å². The van der Waals surface area contributed by atoms with Crippen LogP contribution in [-0.4, -0.2) is 24.9 Å². The number of para-hydroxylation sites is 2. The SMILES string of the molecule is CCCCCCCCCCCCN1C(=O)/C(=c2\cc/c(=c3\cc/c(=C4\C(=O)N(CCCCCCCCCCCC)c5ccccc54)s3)s2)c2ccccc21. The summed E-state index contributed by atoms with van der Waals surface area (Å²) in [6, 6.07) is 25.1. The number of amides is 2. The van der Waals surface area contributed by atoms with Crippen molar-refractivity contribution in [1.82, 2.24) is 0 Å². The molecule has 0 aliphatic carbocycles. The number of hydrogen-bond acceptors (Lipinski definition) is 4. The third-order valence-corrected chi connectivity index (χ3v) is 13.7. The molecule has 2 aromatic heterocycles. The lowest BCUT2D eigenvalue weighted by atomic mass is 10.1. The minimum atomic E-state index is 0.124. The van der Waals surface area contributed by atoms with Gasteiger partial charge in [-0.15, -0.1) is 22.7 Å². The van der Waals surface area contributed by atoms with Gasteiger partial charge in [-0.2, -0.15) is 0 Å². The van der Waals surface area contributed by atoms with E-state index < -0.39 is 0 Å². The van der Waals surface area contributed by atoms with Crippen LogP contribution in [0.4, 0.5) is 11.4 Å². The molecule has 0 atom stereocenters. The van der Waals surface area contributed by atoms with Crippen LogP contribution in [0.15, 0.2) is 72.8 Å². The van der Waals surface area contributed by atoms with E-state index >= 15 is 0 Å². The Kier molecular flexibility index (Phi) is 15.6. The fourth-order valence-electron chi connectivity index (χ4n) is 8.20. The highest BCUT2D eigenvalue weighted by atomic mass is 32.1. The lowest BCUT2D eigenvalue weighted by Crippen LogP contribution is -2.28. The van der Waals surface area contributed by atoms with Gasteiger partial charge in [-0.1, -0.05) is 166 Å². The third kappa shape index (κ3) is 10.0. The molecular weight excluding hydrogens is 701 g/mol. The van der Waals surface area contributed by atoms with Gasteiger partial charge in [0, 0.05) is 42.3 Å². The first-order valence-electron chi connectivity index (χ1n) is 21.4. The van der Waals surface area contributed by atoms with Crippen LogP contribution in [0.1, 0.15) is 153 Å². The highest BCUT2D eigenvalue weighted by molar-refractivity contribution is 7.11. The van der Waals surface area contributed by atoms with E-state index in [1.807, 2.05) is 34.1 Å². The molecule has 0 spiro atoms. The number of benzene rings is 2. The molecule has 0 N–H and O–H groups in total. The molecule has 6 rings (SSSR count). The molecule has 54 heavy (non-hydrogen) atoms. The van der Waals surface area contributed by atoms with Crippen LogP contribution in [0.5, 0.6) is 0 Å². The van der Waals surface area contributed by atoms with Crippen molar-refractivity contribution in [1.29, 1.82) is 0 Å². The minimum absolute atomic E-state index is 0.124. The van der Waals surface area contributed by atoms with Crippen LogP contribution in [0.25, 0.3) is 11.1 Å². The standard InChI is InChI=1S/C48H62N2O2S2/c1-3-5-7-9-11-13-15-17-19-25-35-49-39-29-23-21-27-37(39)45(47(49)51)43-33-31-41(53-43)42-32-34-44(54-42)46-38-28-22-24-30-40(38)50(48(46)52)36-26-20-18-16-14-12-10-8-6-4-2/h21-24,27-34H,3-20,25-26,35-36H2,1-2H3/b42-41-,45-43+,46-44+. The lowest BCUT2D eigenvalue weighted by molar-refractivity contribution is -0.113. The number of hydrogen-bond donors (Lipinski definition) is 0. The molecule has 2 amide bonds. The highest BCUT2D eigenvalue weighted by Crippen LogP contribution is 2.37. The Morgan fingerprint density at radius 3 is 1.07 bits per heavy atom. The van der Waals surface area contributed by atoms with E-state index in [-0.39, 0.29) is 11.8 Å². The maximum Gasteiger partial charge on any atom is 0.260 e. The first kappa shape index (κ1) is 40.2. The van der Waals surface area contributed by atoms with Crippen LogP contribution in [-0.2, 0) is 9.59 Å². The zero-order chi connectivity index (χ0) is 37.5. The Labute approximate surface area is 332 Å². The maximum atomic E-state index is 14.0. The highest BCUT2D eigenvalue weighted by Gasteiger charge is 2.33. The van der Waals surface area contributed by atoms with Crippen molar-refractivity contribution in [3.63, 3.8) is 0 Å². The number of thiophene rings is 2. The molecule has 2 aliphatic heterocycles. The molecule has 0 saturated heterocycles. The Balaban J connectivity index is 1.13. The van der Waals surface area contributed by atoms with Crippen molar-refractivity contribution in [3.05, 3.63) is 102 Å². The Morgan fingerprint density at radius 1 is 0.389 bits per heavy atom. The van der Waals surface area contributed by atoms with Gasteiger partial charge in [-0.25, -0.2) is 0 Å². The van der Waals surface area contributed by atoms with E-state index in [2.05, 4.69) is 62.4 Å². The summed E-state index contributed by atoms with van der Waals surface area (Å²) in [5.41, 5.74) is 5.81. The van der Waals surface area contributed by atoms with E-state index in [1.54, 1.807) is 22.7 Å². The second-order valence-electron chi connectivity index (χ2n) is 15.4. The second kappa shape index (κ2) is 21.0. The molecule has 4 nitrogen and oxygen atoms in total. The summed E-state index contributed by atoms with van der Waals surface area (Å²) in [7, 11) is 0.